The number of unbranched alkanes of at least 4 members (excludes halogenated alkanes) is 2. The normalized spacial score (nSPS) is 13.6. The molecule has 0 aromatic heterocycles. The molecule has 0 radical (unpaired) electrons. The van der Waals surface area contributed by atoms with Crippen LogP contribution in [-0.4, -0.2) is 51.9 Å². The van der Waals surface area contributed by atoms with E-state index in [2.05, 4.69) is 5.32 Å². The largest absolute Gasteiger partial charge is 0.481 e. The van der Waals surface area contributed by atoms with Gasteiger partial charge in [0.15, 0.2) is 0 Å². The number of hydrogen-bond donors (Lipinski definition) is 5. The van der Waals surface area contributed by atoms with Crippen LogP contribution in [0.1, 0.15) is 32.1 Å². The first kappa shape index (κ1) is 17.3. The molecule has 19 heavy (non-hydrogen) atoms. The zero-order chi connectivity index (χ0) is 14.8. The Hall–Kier alpha value is -1.67. The summed E-state index contributed by atoms with van der Waals surface area (Å²) in [5.41, 5.74) is 5.25. The second-order valence-corrected chi connectivity index (χ2v) is 4.18. The number of aliphatic hydroxyl groups is 1. The summed E-state index contributed by atoms with van der Waals surface area (Å²) in [6, 6.07) is -2.22. The summed E-state index contributed by atoms with van der Waals surface area (Å²) in [6.07, 6.45) is 1.75. The minimum Gasteiger partial charge on any atom is -0.481 e. The van der Waals surface area contributed by atoms with Crippen molar-refractivity contribution in [3.8, 4) is 0 Å². The lowest BCUT2D eigenvalue weighted by molar-refractivity contribution is -0.142. The monoisotopic (exact) mass is 276 g/mol. The second-order valence-electron chi connectivity index (χ2n) is 4.18. The molecule has 6 N–H and O–H groups in total. The molecule has 0 aliphatic rings. The lowest BCUT2D eigenvalue weighted by Gasteiger charge is -2.16. The van der Waals surface area contributed by atoms with Crippen LogP contribution in [0, 0.1) is 0 Å². The van der Waals surface area contributed by atoms with Gasteiger partial charge >= 0.3 is 11.9 Å². The number of nitrogens with two attached hydrogens (primary N) is 1. The van der Waals surface area contributed by atoms with Crippen LogP contribution < -0.4 is 11.1 Å². The van der Waals surface area contributed by atoms with E-state index in [9.17, 15) is 14.4 Å². The molecule has 8 nitrogen and oxygen atoms in total. The van der Waals surface area contributed by atoms with E-state index < -0.39 is 36.5 Å². The minimum absolute atomic E-state index is 0.0412. The summed E-state index contributed by atoms with van der Waals surface area (Å²) in [5.74, 6) is -2.80. The predicted octanol–water partition coefficient (Wildman–Crippen LogP) is -1.09. The Morgan fingerprint density at radius 3 is 2.21 bits per heavy atom. The van der Waals surface area contributed by atoms with Crippen LogP contribution in [0.2, 0.25) is 0 Å². The molecule has 0 rings (SSSR count). The van der Waals surface area contributed by atoms with E-state index in [1.54, 1.807) is 0 Å². The Morgan fingerprint density at radius 1 is 1.11 bits per heavy atom. The molecule has 0 spiro atoms. The van der Waals surface area contributed by atoms with Crippen LogP contribution in [0.3, 0.4) is 0 Å². The summed E-state index contributed by atoms with van der Waals surface area (Å²) in [5, 5.41) is 28.2. The Balaban J connectivity index is 4.03. The predicted molar refractivity (Wildman–Crippen MR) is 65.3 cm³/mol. The van der Waals surface area contributed by atoms with Crippen LogP contribution in [-0.2, 0) is 14.4 Å². The fourth-order valence-corrected chi connectivity index (χ4v) is 1.42. The van der Waals surface area contributed by atoms with Crippen molar-refractivity contribution < 1.29 is 29.7 Å². The first-order valence-electron chi connectivity index (χ1n) is 6.00. The highest BCUT2D eigenvalue weighted by Gasteiger charge is 2.22. The van der Waals surface area contributed by atoms with E-state index in [1.165, 1.54) is 0 Å². The van der Waals surface area contributed by atoms with Gasteiger partial charge in [0.1, 0.15) is 12.1 Å². The highest BCUT2D eigenvalue weighted by atomic mass is 16.4. The smallest absolute Gasteiger partial charge is 0.326 e. The van der Waals surface area contributed by atoms with E-state index in [1.807, 2.05) is 0 Å². The average Bonchev–Trinajstić information content (AvgIpc) is 2.34. The fourth-order valence-electron chi connectivity index (χ4n) is 1.42. The molecule has 0 aromatic carbocycles. The summed E-state index contributed by atoms with van der Waals surface area (Å²) in [7, 11) is 0. The van der Waals surface area contributed by atoms with Crippen molar-refractivity contribution in [1.29, 1.82) is 0 Å². The van der Waals surface area contributed by atoms with Gasteiger partial charge in [-0.3, -0.25) is 9.59 Å². The number of amides is 1. The molecule has 0 unspecified atom stereocenters. The van der Waals surface area contributed by atoms with Gasteiger partial charge in [0.25, 0.3) is 0 Å². The van der Waals surface area contributed by atoms with E-state index in [-0.39, 0.29) is 12.8 Å². The summed E-state index contributed by atoms with van der Waals surface area (Å²) >= 11 is 0. The molecule has 110 valence electrons. The number of rotatable bonds is 10. The van der Waals surface area contributed by atoms with Crippen molar-refractivity contribution in [1.82, 2.24) is 5.32 Å². The van der Waals surface area contributed by atoms with Crippen LogP contribution in [0.25, 0.3) is 0 Å². The zero-order valence-electron chi connectivity index (χ0n) is 10.5. The molecule has 0 heterocycles. The first-order chi connectivity index (χ1) is 8.88. The molecular formula is C11H20N2O6. The molecule has 0 bridgehead atoms. The first-order valence-corrected chi connectivity index (χ1v) is 6.00. The third kappa shape index (κ3) is 8.11. The molecule has 0 aromatic rings. The highest BCUT2D eigenvalue weighted by Crippen LogP contribution is 2.06. The third-order valence-electron chi connectivity index (χ3n) is 2.53. The van der Waals surface area contributed by atoms with Crippen LogP contribution in [0.15, 0.2) is 0 Å². The van der Waals surface area contributed by atoms with E-state index in [4.69, 9.17) is 21.1 Å². The van der Waals surface area contributed by atoms with Crippen molar-refractivity contribution >= 4 is 17.8 Å². The van der Waals surface area contributed by atoms with Gasteiger partial charge in [-0.25, -0.2) is 4.79 Å². The van der Waals surface area contributed by atoms with E-state index in [0.29, 0.717) is 19.3 Å². The molecule has 2 atom stereocenters. The Morgan fingerprint density at radius 2 is 1.74 bits per heavy atom. The maximum absolute atomic E-state index is 11.3. The summed E-state index contributed by atoms with van der Waals surface area (Å²) < 4.78 is 0. The van der Waals surface area contributed by atoms with Crippen molar-refractivity contribution in [2.45, 2.75) is 44.2 Å². The zero-order valence-corrected chi connectivity index (χ0v) is 10.5. The van der Waals surface area contributed by atoms with Gasteiger partial charge in [0.2, 0.25) is 5.91 Å². The molecule has 0 fully saturated rings. The number of carboxylic acids is 2. The van der Waals surface area contributed by atoms with Gasteiger partial charge in [0, 0.05) is 6.42 Å². The molecule has 0 saturated heterocycles. The number of carbonyl (C=O) groups is 3. The molecule has 0 aliphatic heterocycles. The average molecular weight is 276 g/mol. The van der Waals surface area contributed by atoms with Crippen molar-refractivity contribution in [3.05, 3.63) is 0 Å². The second kappa shape index (κ2) is 9.29. The van der Waals surface area contributed by atoms with Gasteiger partial charge < -0.3 is 26.4 Å². The maximum Gasteiger partial charge on any atom is 0.326 e. The number of carbonyl (C=O) groups excluding carboxylic acids is 1. The minimum atomic E-state index is -1.18. The molecular weight excluding hydrogens is 256 g/mol. The third-order valence-corrected chi connectivity index (χ3v) is 2.53. The number of carboxylic acid groups (broad SMARTS) is 2. The van der Waals surface area contributed by atoms with E-state index >= 15 is 0 Å². The summed E-state index contributed by atoms with van der Waals surface area (Å²) in [4.78, 5) is 32.5. The van der Waals surface area contributed by atoms with Crippen LogP contribution in [0.4, 0.5) is 0 Å². The molecule has 1 amide bonds. The van der Waals surface area contributed by atoms with Crippen molar-refractivity contribution in [2.24, 2.45) is 5.73 Å². The number of hydrogen-bond acceptors (Lipinski definition) is 5. The van der Waals surface area contributed by atoms with Gasteiger partial charge in [-0.15, -0.1) is 0 Å². The van der Waals surface area contributed by atoms with Gasteiger partial charge in [-0.2, -0.15) is 0 Å². The molecule has 8 heteroatoms. The molecule has 0 aliphatic carbocycles. The highest BCUT2D eigenvalue weighted by molar-refractivity contribution is 5.86. The van der Waals surface area contributed by atoms with Gasteiger partial charge in [0.05, 0.1) is 6.61 Å². The SMILES string of the molecule is N[C@@H](CO)C(=O)N[C@@H](CCCCCC(=O)O)C(=O)O. The Labute approximate surface area is 110 Å². The number of aliphatic carboxylic acids is 2. The van der Waals surface area contributed by atoms with Crippen LogP contribution >= 0.6 is 0 Å². The van der Waals surface area contributed by atoms with Crippen molar-refractivity contribution in [2.75, 3.05) is 6.61 Å². The standard InChI is InChI=1S/C11H20N2O6/c12-7(6-14)10(17)13-8(11(18)19)4-2-1-3-5-9(15)16/h7-8,14H,1-6,12H2,(H,13,17)(H,15,16)(H,18,19)/t7-,8-/m0/s1. The number of aliphatic hydroxyl groups excluding tert-OH is 1. The maximum atomic E-state index is 11.3. The van der Waals surface area contributed by atoms with Gasteiger partial charge in [-0.05, 0) is 12.8 Å². The van der Waals surface area contributed by atoms with Crippen LogP contribution in [0.5, 0.6) is 0 Å². The summed E-state index contributed by atoms with van der Waals surface area (Å²) in [6.45, 7) is -0.559. The topological polar surface area (TPSA) is 150 Å². The Kier molecular flexibility index (Phi) is 8.47. The lowest BCUT2D eigenvalue weighted by atomic mass is 10.1. The lowest BCUT2D eigenvalue weighted by Crippen LogP contribution is -2.49. The fraction of sp³-hybridized carbons (Fsp3) is 0.727. The van der Waals surface area contributed by atoms with E-state index in [0.717, 1.165) is 0 Å². The molecule has 0 saturated carbocycles. The van der Waals surface area contributed by atoms with Crippen molar-refractivity contribution in [3.63, 3.8) is 0 Å². The Bertz CT molecular complexity index is 320. The quantitative estimate of drug-likeness (QED) is 0.318. The van der Waals surface area contributed by atoms with Gasteiger partial charge in [-0.1, -0.05) is 12.8 Å². The number of nitrogens with one attached hydrogen (secondary N) is 1.